The Balaban J connectivity index is 2.77. The Morgan fingerprint density at radius 3 is 2.87 bits per heavy atom. The number of hydrogen-bond acceptors (Lipinski definition) is 3. The third kappa shape index (κ3) is 3.93. The lowest BCUT2D eigenvalue weighted by Crippen LogP contribution is -2.21. The van der Waals surface area contributed by atoms with Crippen LogP contribution in [0.3, 0.4) is 0 Å². The maximum atomic E-state index is 5.95. The van der Waals surface area contributed by atoms with Crippen LogP contribution in [0.25, 0.3) is 0 Å². The second-order valence-corrected chi connectivity index (χ2v) is 4.63. The average Bonchev–Trinajstić information content (AvgIpc) is 2.18. The quantitative estimate of drug-likeness (QED) is 0.803. The van der Waals surface area contributed by atoms with Crippen molar-refractivity contribution in [2.24, 2.45) is 0 Å². The monoisotopic (exact) mass is 245 g/mol. The van der Waals surface area contributed by atoms with E-state index in [0.717, 1.165) is 10.7 Å². The van der Waals surface area contributed by atoms with Gasteiger partial charge in [-0.2, -0.15) is 0 Å². The van der Waals surface area contributed by atoms with Gasteiger partial charge in [-0.15, -0.1) is 11.8 Å². The van der Waals surface area contributed by atoms with Gasteiger partial charge in [-0.05, 0) is 31.4 Å². The van der Waals surface area contributed by atoms with E-state index in [1.54, 1.807) is 18.9 Å². The molecule has 0 fully saturated rings. The van der Waals surface area contributed by atoms with Crippen LogP contribution in [0.1, 0.15) is 6.92 Å². The fraction of sp³-hybridized carbons (Fsp3) is 0.455. The van der Waals surface area contributed by atoms with Crippen LogP contribution < -0.4 is 5.32 Å². The molecule has 1 aromatic rings. The number of hydrogen-bond donors (Lipinski definition) is 1. The Morgan fingerprint density at radius 2 is 2.27 bits per heavy atom. The molecule has 1 atom stereocenters. The molecule has 0 amide bonds. The first kappa shape index (κ1) is 12.7. The number of nitrogens with one attached hydrogen (secondary N) is 1. The molecular formula is C11H16ClNOS. The van der Waals surface area contributed by atoms with Crippen molar-refractivity contribution < 1.29 is 4.74 Å². The van der Waals surface area contributed by atoms with Gasteiger partial charge in [0.2, 0.25) is 0 Å². The van der Waals surface area contributed by atoms with Gasteiger partial charge in [-0.1, -0.05) is 11.6 Å². The summed E-state index contributed by atoms with van der Waals surface area (Å²) in [7, 11) is 1.70. The van der Waals surface area contributed by atoms with Crippen molar-refractivity contribution in [3.05, 3.63) is 23.2 Å². The molecule has 2 nitrogen and oxygen atoms in total. The highest BCUT2D eigenvalue weighted by molar-refractivity contribution is 7.98. The second-order valence-electron chi connectivity index (χ2n) is 3.35. The van der Waals surface area contributed by atoms with Crippen LogP contribution >= 0.6 is 23.4 Å². The van der Waals surface area contributed by atoms with Crippen LogP contribution in [0.4, 0.5) is 5.69 Å². The zero-order chi connectivity index (χ0) is 11.3. The van der Waals surface area contributed by atoms with Crippen molar-refractivity contribution in [2.75, 3.05) is 25.3 Å². The summed E-state index contributed by atoms with van der Waals surface area (Å²) >= 11 is 7.66. The maximum Gasteiger partial charge on any atom is 0.0661 e. The lowest BCUT2D eigenvalue weighted by molar-refractivity contribution is 0.190. The first-order valence-electron chi connectivity index (χ1n) is 4.76. The summed E-state index contributed by atoms with van der Waals surface area (Å²) < 4.78 is 5.08. The van der Waals surface area contributed by atoms with E-state index >= 15 is 0 Å². The van der Waals surface area contributed by atoms with Gasteiger partial charge in [0.1, 0.15) is 0 Å². The summed E-state index contributed by atoms with van der Waals surface area (Å²) in [5.74, 6) is 0. The fourth-order valence-corrected chi connectivity index (χ4v) is 2.06. The van der Waals surface area contributed by atoms with E-state index in [2.05, 4.69) is 18.5 Å². The molecule has 0 aliphatic carbocycles. The van der Waals surface area contributed by atoms with E-state index in [0.29, 0.717) is 6.61 Å². The van der Waals surface area contributed by atoms with Crippen LogP contribution in [0.15, 0.2) is 23.1 Å². The molecule has 1 unspecified atom stereocenters. The molecule has 84 valence electrons. The smallest absolute Gasteiger partial charge is 0.0661 e. The molecule has 0 heterocycles. The first-order valence-corrected chi connectivity index (χ1v) is 6.36. The van der Waals surface area contributed by atoms with Gasteiger partial charge in [0, 0.05) is 28.8 Å². The first-order chi connectivity index (χ1) is 7.17. The van der Waals surface area contributed by atoms with Gasteiger partial charge >= 0.3 is 0 Å². The maximum absolute atomic E-state index is 5.95. The number of halogens is 1. The van der Waals surface area contributed by atoms with Crippen LogP contribution in [0.5, 0.6) is 0 Å². The van der Waals surface area contributed by atoms with Crippen LogP contribution in [-0.4, -0.2) is 26.0 Å². The van der Waals surface area contributed by atoms with Gasteiger partial charge in [0.15, 0.2) is 0 Å². The molecule has 0 aliphatic heterocycles. The summed E-state index contributed by atoms with van der Waals surface area (Å²) in [5.41, 5.74) is 1.07. The number of benzene rings is 1. The zero-order valence-corrected chi connectivity index (χ0v) is 10.8. The SMILES string of the molecule is COCC(C)Nc1cc(Cl)ccc1SC. The molecule has 0 saturated carbocycles. The van der Waals surface area contributed by atoms with Crippen LogP contribution in [0.2, 0.25) is 5.02 Å². The third-order valence-electron chi connectivity index (χ3n) is 1.98. The summed E-state index contributed by atoms with van der Waals surface area (Å²) in [6.45, 7) is 2.76. The Hall–Kier alpha value is -0.380. The summed E-state index contributed by atoms with van der Waals surface area (Å²) in [5, 5.41) is 4.12. The molecule has 0 saturated heterocycles. The summed E-state index contributed by atoms with van der Waals surface area (Å²) in [6, 6.07) is 6.15. The van der Waals surface area contributed by atoms with Crippen molar-refractivity contribution in [3.8, 4) is 0 Å². The molecular weight excluding hydrogens is 230 g/mol. The number of anilines is 1. The fourth-order valence-electron chi connectivity index (χ4n) is 1.35. The largest absolute Gasteiger partial charge is 0.383 e. The van der Waals surface area contributed by atoms with Gasteiger partial charge in [-0.3, -0.25) is 0 Å². The van der Waals surface area contributed by atoms with E-state index in [-0.39, 0.29) is 6.04 Å². The van der Waals surface area contributed by atoms with Gasteiger partial charge in [0.05, 0.1) is 6.61 Å². The molecule has 0 bridgehead atoms. The van der Waals surface area contributed by atoms with Crippen molar-refractivity contribution in [1.29, 1.82) is 0 Å². The molecule has 1 N–H and O–H groups in total. The molecule has 4 heteroatoms. The number of ether oxygens (including phenoxy) is 1. The average molecular weight is 246 g/mol. The number of thioether (sulfide) groups is 1. The van der Waals surface area contributed by atoms with Crippen LogP contribution in [-0.2, 0) is 4.74 Å². The van der Waals surface area contributed by atoms with Crippen molar-refractivity contribution in [3.63, 3.8) is 0 Å². The topological polar surface area (TPSA) is 21.3 Å². The Bertz CT molecular complexity index is 319. The highest BCUT2D eigenvalue weighted by Crippen LogP contribution is 2.28. The minimum absolute atomic E-state index is 0.277. The third-order valence-corrected chi connectivity index (χ3v) is 3.01. The van der Waals surface area contributed by atoms with Gasteiger partial charge < -0.3 is 10.1 Å². The van der Waals surface area contributed by atoms with E-state index in [1.165, 1.54) is 4.90 Å². The van der Waals surface area contributed by atoms with Gasteiger partial charge in [0.25, 0.3) is 0 Å². The Labute approximate surface area is 100 Å². The summed E-state index contributed by atoms with van der Waals surface area (Å²) in [4.78, 5) is 1.20. The molecule has 1 rings (SSSR count). The van der Waals surface area contributed by atoms with E-state index in [4.69, 9.17) is 16.3 Å². The van der Waals surface area contributed by atoms with Crippen molar-refractivity contribution in [1.82, 2.24) is 0 Å². The lowest BCUT2D eigenvalue weighted by Gasteiger charge is -2.16. The molecule has 0 spiro atoms. The van der Waals surface area contributed by atoms with Crippen LogP contribution in [0, 0.1) is 0 Å². The van der Waals surface area contributed by atoms with Crippen molar-refractivity contribution >= 4 is 29.1 Å². The van der Waals surface area contributed by atoms with E-state index < -0.39 is 0 Å². The Kier molecular flexibility index (Phi) is 5.29. The van der Waals surface area contributed by atoms with E-state index in [1.807, 2.05) is 18.2 Å². The predicted octanol–water partition coefficient (Wildman–Crippen LogP) is 3.51. The zero-order valence-electron chi connectivity index (χ0n) is 9.21. The molecule has 15 heavy (non-hydrogen) atoms. The molecule has 0 radical (unpaired) electrons. The number of rotatable bonds is 5. The minimum atomic E-state index is 0.277. The minimum Gasteiger partial charge on any atom is -0.383 e. The van der Waals surface area contributed by atoms with Crippen molar-refractivity contribution in [2.45, 2.75) is 17.9 Å². The normalized spacial score (nSPS) is 12.5. The highest BCUT2D eigenvalue weighted by atomic mass is 35.5. The van der Waals surface area contributed by atoms with E-state index in [9.17, 15) is 0 Å². The standard InChI is InChI=1S/C11H16ClNOS/c1-8(7-14-2)13-10-6-9(12)4-5-11(10)15-3/h4-6,8,13H,7H2,1-3H3. The van der Waals surface area contributed by atoms with Gasteiger partial charge in [-0.25, -0.2) is 0 Å². The highest BCUT2D eigenvalue weighted by Gasteiger charge is 2.06. The summed E-state index contributed by atoms with van der Waals surface area (Å²) in [6.07, 6.45) is 2.05. The molecule has 0 aromatic heterocycles. The number of methoxy groups -OCH3 is 1. The lowest BCUT2D eigenvalue weighted by atomic mass is 10.2. The molecule has 1 aromatic carbocycles. The molecule has 0 aliphatic rings. The predicted molar refractivity (Wildman–Crippen MR) is 68.2 cm³/mol. The Morgan fingerprint density at radius 1 is 1.53 bits per heavy atom. The second kappa shape index (κ2) is 6.26.